The Kier molecular flexibility index (Phi) is 4.61. The van der Waals surface area contributed by atoms with Gasteiger partial charge in [-0.25, -0.2) is 0 Å². The summed E-state index contributed by atoms with van der Waals surface area (Å²) in [5.74, 6) is -0.839. The topological polar surface area (TPSA) is 60.9 Å². The Balaban J connectivity index is 2.05. The SMILES string of the molecule is CN(C(=O)C(=O)N1CCCCCC1)c1ccc(O)cc1. The molecule has 20 heavy (non-hydrogen) atoms. The first-order valence-corrected chi connectivity index (χ1v) is 6.95. The highest BCUT2D eigenvalue weighted by atomic mass is 16.3. The summed E-state index contributed by atoms with van der Waals surface area (Å²) in [4.78, 5) is 27.4. The van der Waals surface area contributed by atoms with Crippen molar-refractivity contribution in [3.63, 3.8) is 0 Å². The van der Waals surface area contributed by atoms with Crippen molar-refractivity contribution in [1.82, 2.24) is 4.90 Å². The maximum absolute atomic E-state index is 12.2. The summed E-state index contributed by atoms with van der Waals surface area (Å²) in [6.45, 7) is 1.32. The fraction of sp³-hybridized carbons (Fsp3) is 0.467. The van der Waals surface area contributed by atoms with Gasteiger partial charge in [0.15, 0.2) is 0 Å². The fourth-order valence-corrected chi connectivity index (χ4v) is 2.35. The summed E-state index contributed by atoms with van der Waals surface area (Å²) in [5, 5.41) is 9.24. The van der Waals surface area contributed by atoms with Gasteiger partial charge in [-0.05, 0) is 37.1 Å². The van der Waals surface area contributed by atoms with Gasteiger partial charge in [0.05, 0.1) is 0 Å². The van der Waals surface area contributed by atoms with E-state index in [9.17, 15) is 14.7 Å². The Morgan fingerprint density at radius 3 is 2.15 bits per heavy atom. The smallest absolute Gasteiger partial charge is 0.316 e. The Bertz CT molecular complexity index is 476. The molecular weight excluding hydrogens is 256 g/mol. The van der Waals surface area contributed by atoms with E-state index < -0.39 is 11.8 Å². The van der Waals surface area contributed by atoms with Gasteiger partial charge >= 0.3 is 11.8 Å². The van der Waals surface area contributed by atoms with Crippen LogP contribution in [0.3, 0.4) is 0 Å². The molecule has 1 aromatic rings. The third-order valence-corrected chi connectivity index (χ3v) is 3.62. The molecule has 5 nitrogen and oxygen atoms in total. The standard InChI is InChI=1S/C15H20N2O3/c1-16(12-6-8-13(18)9-7-12)14(19)15(20)17-10-4-2-3-5-11-17/h6-9,18H,2-5,10-11H2,1H3. The molecule has 0 unspecified atom stereocenters. The average molecular weight is 276 g/mol. The largest absolute Gasteiger partial charge is 0.508 e. The van der Waals surface area contributed by atoms with Crippen LogP contribution in [0.15, 0.2) is 24.3 Å². The summed E-state index contributed by atoms with van der Waals surface area (Å²) < 4.78 is 0. The second-order valence-electron chi connectivity index (χ2n) is 5.09. The molecule has 0 spiro atoms. The summed E-state index contributed by atoms with van der Waals surface area (Å²) in [6, 6.07) is 6.22. The van der Waals surface area contributed by atoms with Gasteiger partial charge in [-0.2, -0.15) is 0 Å². The predicted molar refractivity (Wildman–Crippen MR) is 76.6 cm³/mol. The number of benzene rings is 1. The number of phenols is 1. The number of rotatable bonds is 1. The van der Waals surface area contributed by atoms with Crippen LogP contribution in [0, 0.1) is 0 Å². The molecule has 0 atom stereocenters. The van der Waals surface area contributed by atoms with Crippen molar-refractivity contribution in [3.8, 4) is 5.75 Å². The van der Waals surface area contributed by atoms with Crippen molar-refractivity contribution in [2.45, 2.75) is 25.7 Å². The van der Waals surface area contributed by atoms with Crippen LogP contribution in [0.4, 0.5) is 5.69 Å². The van der Waals surface area contributed by atoms with Crippen LogP contribution in [0.1, 0.15) is 25.7 Å². The minimum absolute atomic E-state index is 0.133. The van der Waals surface area contributed by atoms with E-state index in [0.717, 1.165) is 25.7 Å². The number of hydrogen-bond donors (Lipinski definition) is 1. The highest BCUT2D eigenvalue weighted by molar-refractivity contribution is 6.40. The second kappa shape index (κ2) is 6.41. The Labute approximate surface area is 118 Å². The first-order valence-electron chi connectivity index (χ1n) is 6.95. The van der Waals surface area contributed by atoms with Crippen LogP contribution in [0.2, 0.25) is 0 Å². The molecule has 5 heteroatoms. The molecule has 1 aromatic carbocycles. The normalized spacial score (nSPS) is 15.6. The molecule has 2 rings (SSSR count). The number of amides is 2. The van der Waals surface area contributed by atoms with Crippen molar-refractivity contribution in [1.29, 1.82) is 0 Å². The number of carbonyl (C=O) groups excluding carboxylic acids is 2. The molecule has 0 saturated carbocycles. The van der Waals surface area contributed by atoms with Crippen LogP contribution in [0.5, 0.6) is 5.75 Å². The van der Waals surface area contributed by atoms with E-state index in [2.05, 4.69) is 0 Å². The molecule has 1 saturated heterocycles. The maximum Gasteiger partial charge on any atom is 0.316 e. The lowest BCUT2D eigenvalue weighted by Gasteiger charge is -2.23. The van der Waals surface area contributed by atoms with Crippen molar-refractivity contribution >= 4 is 17.5 Å². The number of anilines is 1. The summed E-state index contributed by atoms with van der Waals surface area (Å²) >= 11 is 0. The van der Waals surface area contributed by atoms with Gasteiger partial charge in [0.25, 0.3) is 0 Å². The van der Waals surface area contributed by atoms with Gasteiger partial charge in [-0.3, -0.25) is 9.59 Å². The third kappa shape index (κ3) is 3.29. The van der Waals surface area contributed by atoms with E-state index in [4.69, 9.17) is 0 Å². The Morgan fingerprint density at radius 2 is 1.60 bits per heavy atom. The van der Waals surface area contributed by atoms with E-state index in [1.54, 1.807) is 24.1 Å². The zero-order valence-corrected chi connectivity index (χ0v) is 11.7. The second-order valence-corrected chi connectivity index (χ2v) is 5.09. The molecular formula is C15H20N2O3. The number of phenolic OH excluding ortho intramolecular Hbond substituents is 1. The lowest BCUT2D eigenvalue weighted by molar-refractivity contribution is -0.144. The lowest BCUT2D eigenvalue weighted by Crippen LogP contribution is -2.44. The minimum atomic E-state index is -0.530. The van der Waals surface area contributed by atoms with Crippen molar-refractivity contribution in [2.75, 3.05) is 25.0 Å². The van der Waals surface area contributed by atoms with Crippen molar-refractivity contribution in [3.05, 3.63) is 24.3 Å². The number of likely N-dealkylation sites (tertiary alicyclic amines) is 1. The number of nitrogens with zero attached hydrogens (tertiary/aromatic N) is 2. The van der Waals surface area contributed by atoms with E-state index in [1.165, 1.54) is 17.0 Å². The Morgan fingerprint density at radius 1 is 1.05 bits per heavy atom. The summed E-state index contributed by atoms with van der Waals surface area (Å²) in [7, 11) is 1.57. The highest BCUT2D eigenvalue weighted by Crippen LogP contribution is 2.18. The van der Waals surface area contributed by atoms with Crippen LogP contribution < -0.4 is 4.90 Å². The molecule has 0 aromatic heterocycles. The minimum Gasteiger partial charge on any atom is -0.508 e. The first kappa shape index (κ1) is 14.4. The average Bonchev–Trinajstić information content (AvgIpc) is 2.75. The van der Waals surface area contributed by atoms with Gasteiger partial charge < -0.3 is 14.9 Å². The first-order chi connectivity index (χ1) is 9.59. The van der Waals surface area contributed by atoms with Crippen LogP contribution in [-0.4, -0.2) is 42.0 Å². The highest BCUT2D eigenvalue weighted by Gasteiger charge is 2.26. The summed E-state index contributed by atoms with van der Waals surface area (Å²) in [6.07, 6.45) is 4.15. The molecule has 1 aliphatic heterocycles. The maximum atomic E-state index is 12.2. The van der Waals surface area contributed by atoms with E-state index >= 15 is 0 Å². The lowest BCUT2D eigenvalue weighted by atomic mass is 10.2. The zero-order chi connectivity index (χ0) is 14.5. The van der Waals surface area contributed by atoms with Gasteiger partial charge in [-0.1, -0.05) is 12.8 Å². The van der Waals surface area contributed by atoms with Crippen molar-refractivity contribution in [2.24, 2.45) is 0 Å². The van der Waals surface area contributed by atoms with Gasteiger partial charge in [0.1, 0.15) is 5.75 Å². The predicted octanol–water partition coefficient (Wildman–Crippen LogP) is 1.76. The van der Waals surface area contributed by atoms with Crippen LogP contribution >= 0.6 is 0 Å². The summed E-state index contributed by atoms with van der Waals surface area (Å²) in [5.41, 5.74) is 0.593. The third-order valence-electron chi connectivity index (χ3n) is 3.62. The molecule has 0 bridgehead atoms. The van der Waals surface area contributed by atoms with Gasteiger partial charge in [-0.15, -0.1) is 0 Å². The number of hydrogen-bond acceptors (Lipinski definition) is 3. The van der Waals surface area contributed by atoms with Crippen LogP contribution in [0.25, 0.3) is 0 Å². The van der Waals surface area contributed by atoms with Crippen LogP contribution in [-0.2, 0) is 9.59 Å². The zero-order valence-electron chi connectivity index (χ0n) is 11.7. The van der Waals surface area contributed by atoms with E-state index in [-0.39, 0.29) is 5.75 Å². The molecule has 1 fully saturated rings. The number of likely N-dealkylation sites (N-methyl/N-ethyl adjacent to an activating group) is 1. The van der Waals surface area contributed by atoms with Gasteiger partial charge in [0, 0.05) is 25.8 Å². The van der Waals surface area contributed by atoms with Crippen molar-refractivity contribution < 1.29 is 14.7 Å². The molecule has 1 N–H and O–H groups in total. The van der Waals surface area contributed by atoms with E-state index in [0.29, 0.717) is 18.8 Å². The monoisotopic (exact) mass is 276 g/mol. The molecule has 0 radical (unpaired) electrons. The number of carbonyl (C=O) groups is 2. The quantitative estimate of drug-likeness (QED) is 0.795. The van der Waals surface area contributed by atoms with E-state index in [1.807, 2.05) is 0 Å². The number of aromatic hydroxyl groups is 1. The molecule has 0 aliphatic carbocycles. The fourth-order valence-electron chi connectivity index (χ4n) is 2.35. The Hall–Kier alpha value is -2.04. The molecule has 1 heterocycles. The van der Waals surface area contributed by atoms with Gasteiger partial charge in [0.2, 0.25) is 0 Å². The molecule has 108 valence electrons. The molecule has 2 amide bonds. The molecule has 1 aliphatic rings.